The van der Waals surface area contributed by atoms with E-state index >= 15 is 0 Å². The predicted octanol–water partition coefficient (Wildman–Crippen LogP) is 4.21. The van der Waals surface area contributed by atoms with Gasteiger partial charge in [0.05, 0.1) is 10.2 Å². The van der Waals surface area contributed by atoms with E-state index in [1.807, 2.05) is 43.3 Å². The number of carbonyl (C=O) groups is 2. The number of benzene rings is 2. The van der Waals surface area contributed by atoms with Gasteiger partial charge in [0.2, 0.25) is 5.91 Å². The molecule has 2 aromatic carbocycles. The summed E-state index contributed by atoms with van der Waals surface area (Å²) >= 11 is 1.39. The quantitative estimate of drug-likeness (QED) is 0.748. The summed E-state index contributed by atoms with van der Waals surface area (Å²) in [4.78, 5) is 28.2. The Morgan fingerprint density at radius 3 is 2.67 bits per heavy atom. The van der Waals surface area contributed by atoms with Crippen molar-refractivity contribution in [2.24, 2.45) is 0 Å². The molecule has 0 saturated heterocycles. The van der Waals surface area contributed by atoms with Crippen molar-refractivity contribution in [1.82, 2.24) is 4.98 Å². The molecule has 0 unspecified atom stereocenters. The van der Waals surface area contributed by atoms with E-state index in [1.165, 1.54) is 11.3 Å². The smallest absolute Gasteiger partial charge is 0.255 e. The second-order valence-corrected chi connectivity index (χ2v) is 6.40. The maximum atomic E-state index is 12.4. The molecule has 3 rings (SSSR count). The lowest BCUT2D eigenvalue weighted by molar-refractivity contribution is -0.115. The van der Waals surface area contributed by atoms with E-state index in [0.717, 1.165) is 15.8 Å². The van der Waals surface area contributed by atoms with Crippen LogP contribution in [0.15, 0.2) is 42.5 Å². The SMILES string of the molecule is CCC(=O)Nc1nc2ccc(NC(=O)c3ccccc3C)cc2s1. The van der Waals surface area contributed by atoms with Crippen LogP contribution in [0.25, 0.3) is 10.2 Å². The minimum Gasteiger partial charge on any atom is -0.322 e. The molecule has 0 aliphatic heterocycles. The molecular weight excluding hydrogens is 322 g/mol. The highest BCUT2D eigenvalue weighted by Crippen LogP contribution is 2.28. The van der Waals surface area contributed by atoms with Crippen molar-refractivity contribution in [3.63, 3.8) is 0 Å². The number of anilines is 2. The molecular formula is C18H17N3O2S. The number of amides is 2. The summed E-state index contributed by atoms with van der Waals surface area (Å²) in [5.74, 6) is -0.210. The van der Waals surface area contributed by atoms with Crippen LogP contribution >= 0.6 is 11.3 Å². The number of aryl methyl sites for hydroxylation is 1. The van der Waals surface area contributed by atoms with E-state index in [0.29, 0.717) is 22.8 Å². The van der Waals surface area contributed by atoms with E-state index in [-0.39, 0.29) is 11.8 Å². The number of carbonyl (C=O) groups excluding carboxylic acids is 2. The van der Waals surface area contributed by atoms with Gasteiger partial charge in [-0.05, 0) is 36.8 Å². The number of nitrogens with one attached hydrogen (secondary N) is 2. The highest BCUT2D eigenvalue weighted by atomic mass is 32.1. The van der Waals surface area contributed by atoms with E-state index in [9.17, 15) is 9.59 Å². The molecule has 1 heterocycles. The summed E-state index contributed by atoms with van der Waals surface area (Å²) in [6.07, 6.45) is 0.410. The highest BCUT2D eigenvalue weighted by molar-refractivity contribution is 7.22. The van der Waals surface area contributed by atoms with Crippen molar-refractivity contribution >= 4 is 44.2 Å². The summed E-state index contributed by atoms with van der Waals surface area (Å²) < 4.78 is 0.906. The normalized spacial score (nSPS) is 10.6. The van der Waals surface area contributed by atoms with E-state index in [2.05, 4.69) is 15.6 Å². The Morgan fingerprint density at radius 2 is 1.92 bits per heavy atom. The van der Waals surface area contributed by atoms with Crippen molar-refractivity contribution in [3.8, 4) is 0 Å². The second kappa shape index (κ2) is 6.80. The molecule has 2 amide bonds. The largest absolute Gasteiger partial charge is 0.322 e. The Kier molecular flexibility index (Phi) is 4.57. The van der Waals surface area contributed by atoms with Gasteiger partial charge in [-0.3, -0.25) is 9.59 Å². The molecule has 0 spiro atoms. The van der Waals surface area contributed by atoms with Gasteiger partial charge in [0, 0.05) is 17.7 Å². The molecule has 0 aliphatic rings. The Bertz CT molecular complexity index is 918. The lowest BCUT2D eigenvalue weighted by Gasteiger charge is -2.07. The monoisotopic (exact) mass is 339 g/mol. The average Bonchev–Trinajstić information content (AvgIpc) is 2.96. The summed E-state index contributed by atoms with van der Waals surface area (Å²) in [5, 5.41) is 6.23. The zero-order chi connectivity index (χ0) is 17.1. The summed E-state index contributed by atoms with van der Waals surface area (Å²) in [7, 11) is 0. The number of hydrogen-bond acceptors (Lipinski definition) is 4. The zero-order valence-corrected chi connectivity index (χ0v) is 14.2. The van der Waals surface area contributed by atoms with Crippen LogP contribution < -0.4 is 10.6 Å². The van der Waals surface area contributed by atoms with Gasteiger partial charge in [0.1, 0.15) is 0 Å². The van der Waals surface area contributed by atoms with Crippen LogP contribution in [0.5, 0.6) is 0 Å². The predicted molar refractivity (Wildman–Crippen MR) is 97.7 cm³/mol. The molecule has 2 N–H and O–H groups in total. The van der Waals surface area contributed by atoms with Gasteiger partial charge in [0.25, 0.3) is 5.91 Å². The third-order valence-corrected chi connectivity index (χ3v) is 4.54. The zero-order valence-electron chi connectivity index (χ0n) is 13.4. The van der Waals surface area contributed by atoms with Crippen molar-refractivity contribution in [2.45, 2.75) is 20.3 Å². The first kappa shape index (κ1) is 16.1. The third-order valence-electron chi connectivity index (χ3n) is 3.60. The van der Waals surface area contributed by atoms with Gasteiger partial charge in [-0.15, -0.1) is 0 Å². The van der Waals surface area contributed by atoms with Crippen molar-refractivity contribution < 1.29 is 9.59 Å². The molecule has 1 aromatic heterocycles. The fourth-order valence-electron chi connectivity index (χ4n) is 2.29. The van der Waals surface area contributed by atoms with Gasteiger partial charge in [0.15, 0.2) is 5.13 Å². The van der Waals surface area contributed by atoms with Crippen molar-refractivity contribution in [3.05, 3.63) is 53.6 Å². The molecule has 0 aliphatic carbocycles. The van der Waals surface area contributed by atoms with Gasteiger partial charge in [-0.25, -0.2) is 4.98 Å². The Hall–Kier alpha value is -2.73. The highest BCUT2D eigenvalue weighted by Gasteiger charge is 2.11. The first-order chi connectivity index (χ1) is 11.6. The Labute approximate surface area is 143 Å². The molecule has 122 valence electrons. The number of rotatable bonds is 4. The van der Waals surface area contributed by atoms with Crippen LogP contribution in [0.3, 0.4) is 0 Å². The third kappa shape index (κ3) is 3.44. The molecule has 24 heavy (non-hydrogen) atoms. The van der Waals surface area contributed by atoms with Crippen LogP contribution in [0.4, 0.5) is 10.8 Å². The average molecular weight is 339 g/mol. The molecule has 0 atom stereocenters. The molecule has 0 radical (unpaired) electrons. The standard InChI is InChI=1S/C18H17N3O2S/c1-3-16(22)21-18-20-14-9-8-12(10-15(14)24-18)19-17(23)13-7-5-4-6-11(13)2/h4-10H,3H2,1-2H3,(H,19,23)(H,20,21,22). The Balaban J connectivity index is 1.82. The lowest BCUT2D eigenvalue weighted by atomic mass is 10.1. The minimum atomic E-state index is -0.142. The molecule has 0 fully saturated rings. The maximum absolute atomic E-state index is 12.4. The minimum absolute atomic E-state index is 0.0675. The van der Waals surface area contributed by atoms with E-state index in [1.54, 1.807) is 13.0 Å². The lowest BCUT2D eigenvalue weighted by Crippen LogP contribution is -2.13. The van der Waals surface area contributed by atoms with E-state index < -0.39 is 0 Å². The summed E-state index contributed by atoms with van der Waals surface area (Å²) in [5.41, 5.74) is 3.07. The topological polar surface area (TPSA) is 71.1 Å². The van der Waals surface area contributed by atoms with Crippen LogP contribution in [0.1, 0.15) is 29.3 Å². The fourth-order valence-corrected chi connectivity index (χ4v) is 3.21. The number of nitrogens with zero attached hydrogens (tertiary/aromatic N) is 1. The number of thiazole rings is 1. The molecule has 5 nitrogen and oxygen atoms in total. The van der Waals surface area contributed by atoms with Gasteiger partial charge in [-0.2, -0.15) is 0 Å². The molecule has 3 aromatic rings. The van der Waals surface area contributed by atoms with Crippen molar-refractivity contribution in [2.75, 3.05) is 10.6 Å². The van der Waals surface area contributed by atoms with Crippen LogP contribution in [-0.2, 0) is 4.79 Å². The van der Waals surface area contributed by atoms with Crippen LogP contribution in [0.2, 0.25) is 0 Å². The molecule has 0 saturated carbocycles. The van der Waals surface area contributed by atoms with Gasteiger partial charge < -0.3 is 10.6 Å². The molecule has 6 heteroatoms. The van der Waals surface area contributed by atoms with E-state index in [4.69, 9.17) is 0 Å². The number of hydrogen-bond donors (Lipinski definition) is 2. The van der Waals surface area contributed by atoms with Crippen LogP contribution in [-0.4, -0.2) is 16.8 Å². The Morgan fingerprint density at radius 1 is 1.12 bits per heavy atom. The van der Waals surface area contributed by atoms with Gasteiger partial charge in [-0.1, -0.05) is 36.5 Å². The second-order valence-electron chi connectivity index (χ2n) is 5.37. The summed E-state index contributed by atoms with van der Waals surface area (Å²) in [6.45, 7) is 3.70. The van der Waals surface area contributed by atoms with Crippen molar-refractivity contribution in [1.29, 1.82) is 0 Å². The summed E-state index contributed by atoms with van der Waals surface area (Å²) in [6, 6.07) is 13.0. The number of fused-ring (bicyclic) bond motifs is 1. The first-order valence-electron chi connectivity index (χ1n) is 7.64. The number of aromatic nitrogens is 1. The first-order valence-corrected chi connectivity index (χ1v) is 8.46. The van der Waals surface area contributed by atoms with Crippen LogP contribution in [0, 0.1) is 6.92 Å². The maximum Gasteiger partial charge on any atom is 0.255 e. The van der Waals surface area contributed by atoms with Gasteiger partial charge >= 0.3 is 0 Å². The fraction of sp³-hybridized carbons (Fsp3) is 0.167. The molecule has 0 bridgehead atoms.